The van der Waals surface area contributed by atoms with E-state index in [9.17, 15) is 32.7 Å². The van der Waals surface area contributed by atoms with Crippen LogP contribution in [-0.2, 0) is 11.3 Å². The lowest BCUT2D eigenvalue weighted by atomic mass is 9.55. The quantitative estimate of drug-likeness (QED) is 0.368. The molecule has 4 rings (SSSR count). The van der Waals surface area contributed by atoms with Crippen molar-refractivity contribution >= 4 is 17.5 Å². The molecule has 1 amide bonds. The van der Waals surface area contributed by atoms with Crippen LogP contribution in [0.15, 0.2) is 14.6 Å². The van der Waals surface area contributed by atoms with E-state index >= 15 is 0 Å². The van der Waals surface area contributed by atoms with Gasteiger partial charge in [0.2, 0.25) is 5.88 Å². The highest BCUT2D eigenvalue weighted by atomic mass is 19.4. The van der Waals surface area contributed by atoms with E-state index < -0.39 is 65.8 Å². The first kappa shape index (κ1) is 24.0. The van der Waals surface area contributed by atoms with Crippen molar-refractivity contribution in [2.75, 3.05) is 0 Å². The van der Waals surface area contributed by atoms with Gasteiger partial charge in [-0.25, -0.2) is 4.79 Å². The number of amides is 1. The van der Waals surface area contributed by atoms with Crippen LogP contribution in [0.4, 0.5) is 13.2 Å². The number of hydrogen-bond acceptors (Lipinski definition) is 6. The fourth-order valence-electron chi connectivity index (χ4n) is 5.74. The average molecular weight is 484 g/mol. The number of nitrogens with one attached hydrogen (secondary N) is 2. The van der Waals surface area contributed by atoms with Crippen LogP contribution in [0.25, 0.3) is 0 Å². The number of carbonyl (C=O) groups excluding carboxylic acids is 1. The van der Waals surface area contributed by atoms with Gasteiger partial charge in [-0.15, -0.1) is 0 Å². The fourth-order valence-corrected chi connectivity index (χ4v) is 5.74. The van der Waals surface area contributed by atoms with E-state index in [1.54, 1.807) is 6.92 Å². The number of nitrogens with zero attached hydrogens (tertiary/aromatic N) is 3. The van der Waals surface area contributed by atoms with E-state index in [-0.39, 0.29) is 11.3 Å². The van der Waals surface area contributed by atoms with Crippen molar-refractivity contribution in [3.8, 4) is 5.88 Å². The molecule has 2 spiro atoms. The topological polar surface area (TPSA) is 156 Å². The Balaban J connectivity index is 1.56. The van der Waals surface area contributed by atoms with Crippen LogP contribution in [0.5, 0.6) is 5.88 Å². The molecule has 2 fully saturated rings. The lowest BCUT2D eigenvalue weighted by Crippen LogP contribution is -2.59. The van der Waals surface area contributed by atoms with Crippen LogP contribution in [0.1, 0.15) is 69.9 Å². The third-order valence-electron chi connectivity index (χ3n) is 7.23. The Hall–Kier alpha value is -3.12. The average Bonchev–Trinajstić information content (AvgIpc) is 2.98. The molecule has 0 aromatic carbocycles. The van der Waals surface area contributed by atoms with Crippen molar-refractivity contribution in [2.45, 2.75) is 82.7 Å². The number of nitrogen functional groups attached to an aromatic ring is 1. The number of carbonyl (C=O) groups is 1. The predicted octanol–water partition coefficient (Wildman–Crippen LogP) is 1.52. The summed E-state index contributed by atoms with van der Waals surface area (Å²) in [6.07, 6.45) is -2.51. The highest BCUT2D eigenvalue weighted by molar-refractivity contribution is 6.39. The largest absolute Gasteiger partial charge is 0.494 e. The molecule has 0 bridgehead atoms. The molecule has 0 saturated heterocycles. The van der Waals surface area contributed by atoms with Gasteiger partial charge in [-0.2, -0.15) is 13.2 Å². The normalized spacial score (nSPS) is 28.6. The molecule has 0 atom stereocenters. The Bertz CT molecular complexity index is 1180. The van der Waals surface area contributed by atoms with Crippen molar-refractivity contribution in [2.24, 2.45) is 16.1 Å². The van der Waals surface area contributed by atoms with E-state index in [1.807, 2.05) is 0 Å². The summed E-state index contributed by atoms with van der Waals surface area (Å²) in [4.78, 5) is 42.3. The lowest BCUT2D eigenvalue weighted by molar-refractivity contribution is -0.136. The Labute approximate surface area is 192 Å². The van der Waals surface area contributed by atoms with Crippen LogP contribution in [0.2, 0.25) is 0 Å². The summed E-state index contributed by atoms with van der Waals surface area (Å²) < 4.78 is 39.3. The zero-order valence-corrected chi connectivity index (χ0v) is 18.7. The number of halogens is 3. The molecule has 0 unspecified atom stereocenters. The van der Waals surface area contributed by atoms with Crippen LogP contribution in [-0.4, -0.2) is 43.5 Å². The molecule has 3 aliphatic rings. The second-order valence-corrected chi connectivity index (χ2v) is 9.71. The van der Waals surface area contributed by atoms with Gasteiger partial charge in [0.15, 0.2) is 0 Å². The van der Waals surface area contributed by atoms with Crippen molar-refractivity contribution in [1.29, 1.82) is 5.41 Å². The van der Waals surface area contributed by atoms with Crippen molar-refractivity contribution in [3.05, 3.63) is 26.4 Å². The third kappa shape index (κ3) is 4.11. The number of aromatic hydroxyl groups is 1. The Morgan fingerprint density at radius 2 is 1.88 bits per heavy atom. The number of amidine groups is 1. The lowest BCUT2D eigenvalue weighted by Gasteiger charge is -2.55. The van der Waals surface area contributed by atoms with E-state index in [1.165, 1.54) is 0 Å². The number of nitrogens with two attached hydrogens (primary N) is 1. The van der Waals surface area contributed by atoms with Crippen LogP contribution in [0.3, 0.4) is 0 Å². The number of alkyl halides is 3. The van der Waals surface area contributed by atoms with E-state index in [2.05, 4.69) is 10.3 Å². The molecule has 2 heterocycles. The molecule has 13 heteroatoms. The molecule has 34 heavy (non-hydrogen) atoms. The van der Waals surface area contributed by atoms with E-state index in [0.717, 1.165) is 4.57 Å². The molecule has 186 valence electrons. The maximum absolute atomic E-state index is 13.1. The van der Waals surface area contributed by atoms with Crippen LogP contribution < -0.4 is 22.3 Å². The van der Waals surface area contributed by atoms with Gasteiger partial charge in [-0.3, -0.25) is 29.1 Å². The zero-order valence-electron chi connectivity index (χ0n) is 18.7. The molecule has 1 aliphatic heterocycles. The summed E-state index contributed by atoms with van der Waals surface area (Å²) >= 11 is 0. The second kappa shape index (κ2) is 7.98. The summed E-state index contributed by atoms with van der Waals surface area (Å²) in [6.45, 7) is 1.19. The van der Waals surface area contributed by atoms with Gasteiger partial charge in [-0.05, 0) is 57.3 Å². The van der Waals surface area contributed by atoms with Gasteiger partial charge in [0.25, 0.3) is 11.5 Å². The Morgan fingerprint density at radius 3 is 2.38 bits per heavy atom. The second-order valence-electron chi connectivity index (χ2n) is 9.71. The van der Waals surface area contributed by atoms with Gasteiger partial charge in [0.1, 0.15) is 17.1 Å². The molecular formula is C21H27F3N6O4. The maximum Gasteiger partial charge on any atom is 0.389 e. The molecule has 1 aromatic rings. The summed E-state index contributed by atoms with van der Waals surface area (Å²) in [5, 5.41) is 20.9. The molecule has 1 aromatic heterocycles. The standard InChI is InChI=1S/C21H27F3N6O4/c1-11-15(31)28-20(27-11)9-19(10-20)6-3-12(4-7-19)30-17(33)13(14(25)26)16(32)29(18(30)34)8-2-5-21(22,23)24/h12,32H,2-10H2,1H3,(H3,25,26)(H,28,31). The van der Waals surface area contributed by atoms with Gasteiger partial charge >= 0.3 is 11.9 Å². The Morgan fingerprint density at radius 1 is 1.26 bits per heavy atom. The predicted molar refractivity (Wildman–Crippen MR) is 116 cm³/mol. The summed E-state index contributed by atoms with van der Waals surface area (Å²) in [7, 11) is 0. The highest BCUT2D eigenvalue weighted by Crippen LogP contribution is 2.59. The molecule has 5 N–H and O–H groups in total. The summed E-state index contributed by atoms with van der Waals surface area (Å²) in [5.41, 5.74) is 2.84. The van der Waals surface area contributed by atoms with Gasteiger partial charge in [0, 0.05) is 19.0 Å². The summed E-state index contributed by atoms with van der Waals surface area (Å²) in [5.74, 6) is -1.83. The number of hydrogen-bond donors (Lipinski definition) is 4. The minimum atomic E-state index is -4.43. The van der Waals surface area contributed by atoms with Gasteiger partial charge in [-0.1, -0.05) is 0 Å². The van der Waals surface area contributed by atoms with Gasteiger partial charge in [0.05, 0.1) is 5.71 Å². The van der Waals surface area contributed by atoms with E-state index in [4.69, 9.17) is 11.1 Å². The minimum Gasteiger partial charge on any atom is -0.494 e. The zero-order chi connectivity index (χ0) is 25.1. The van der Waals surface area contributed by atoms with Crippen molar-refractivity contribution < 1.29 is 23.1 Å². The molecular weight excluding hydrogens is 457 g/mol. The molecule has 10 nitrogen and oxygen atoms in total. The van der Waals surface area contributed by atoms with Crippen molar-refractivity contribution in [3.63, 3.8) is 0 Å². The summed E-state index contributed by atoms with van der Waals surface area (Å²) in [6, 6.07) is -0.543. The van der Waals surface area contributed by atoms with E-state index in [0.29, 0.717) is 48.8 Å². The highest BCUT2D eigenvalue weighted by Gasteiger charge is 2.58. The number of aromatic nitrogens is 2. The Kier molecular flexibility index (Phi) is 5.64. The monoisotopic (exact) mass is 484 g/mol. The SMILES string of the molecule is CC1=NC2(CC3(CCC(n4c(=O)c(C(=N)N)c(O)n(CCCC(F)(F)F)c4=O)CC3)C2)NC1=O. The molecule has 2 saturated carbocycles. The maximum atomic E-state index is 13.1. The minimum absolute atomic E-state index is 0.0758. The van der Waals surface area contributed by atoms with Crippen LogP contribution in [0, 0.1) is 10.8 Å². The number of rotatable bonds is 5. The third-order valence-corrected chi connectivity index (χ3v) is 7.23. The van der Waals surface area contributed by atoms with Crippen LogP contribution >= 0.6 is 0 Å². The fraction of sp³-hybridized carbons (Fsp3) is 0.667. The first-order valence-electron chi connectivity index (χ1n) is 11.1. The smallest absolute Gasteiger partial charge is 0.389 e. The first-order valence-corrected chi connectivity index (χ1v) is 11.1. The van der Waals surface area contributed by atoms with Crippen molar-refractivity contribution in [1.82, 2.24) is 14.5 Å². The molecule has 2 aliphatic carbocycles. The molecule has 0 radical (unpaired) electrons. The number of aliphatic imine (C=N–C) groups is 1. The van der Waals surface area contributed by atoms with Gasteiger partial charge < -0.3 is 16.2 Å². The first-order chi connectivity index (χ1) is 15.8.